The molecule has 0 spiro atoms. The van der Waals surface area contributed by atoms with Crippen LogP contribution in [-0.2, 0) is 5.41 Å². The van der Waals surface area contributed by atoms with Gasteiger partial charge in [-0.1, -0.05) is 26.8 Å². The molecule has 2 nitrogen and oxygen atoms in total. The summed E-state index contributed by atoms with van der Waals surface area (Å²) in [5, 5.41) is 19.2. The molecule has 0 unspecified atom stereocenters. The molecule has 0 bridgehead atoms. The summed E-state index contributed by atoms with van der Waals surface area (Å²) in [4.78, 5) is 0. The molecule has 1 aromatic carbocycles. The molecule has 0 amide bonds. The third-order valence-corrected chi connectivity index (χ3v) is 2.58. The summed E-state index contributed by atoms with van der Waals surface area (Å²) in [5.74, 6) is 0.346. The summed E-state index contributed by atoms with van der Waals surface area (Å²) >= 11 is 0. The highest BCUT2D eigenvalue weighted by molar-refractivity contribution is 5.47. The normalized spacial score (nSPS) is 11.6. The molecule has 13 heavy (non-hydrogen) atoms. The zero-order valence-electron chi connectivity index (χ0n) is 8.33. The Morgan fingerprint density at radius 3 is 2.00 bits per heavy atom. The van der Waals surface area contributed by atoms with Crippen LogP contribution in [0.2, 0.25) is 0 Å². The van der Waals surface area contributed by atoms with E-state index in [0.29, 0.717) is 5.56 Å². The molecule has 0 aliphatic rings. The van der Waals surface area contributed by atoms with Gasteiger partial charge in [-0.05, 0) is 24.0 Å². The predicted octanol–water partition coefficient (Wildman–Crippen LogP) is 2.79. The van der Waals surface area contributed by atoms with E-state index in [-0.39, 0.29) is 16.9 Å². The van der Waals surface area contributed by atoms with E-state index in [1.165, 1.54) is 0 Å². The monoisotopic (exact) mass is 180 g/mol. The minimum Gasteiger partial charge on any atom is -0.508 e. The lowest BCUT2D eigenvalue weighted by Gasteiger charge is -2.24. The lowest BCUT2D eigenvalue weighted by Crippen LogP contribution is -2.15. The van der Waals surface area contributed by atoms with Crippen molar-refractivity contribution in [2.75, 3.05) is 0 Å². The van der Waals surface area contributed by atoms with E-state index in [9.17, 15) is 10.2 Å². The Morgan fingerprint density at radius 2 is 1.62 bits per heavy atom. The average Bonchev–Trinajstić information content (AvgIpc) is 2.03. The summed E-state index contributed by atoms with van der Waals surface area (Å²) in [6.07, 6.45) is 0.873. The molecule has 1 rings (SSSR count). The molecule has 0 saturated carbocycles. The summed E-state index contributed by atoms with van der Waals surface area (Å²) < 4.78 is 0. The molecule has 2 heteroatoms. The van der Waals surface area contributed by atoms with Crippen LogP contribution in [0.3, 0.4) is 0 Å². The van der Waals surface area contributed by atoms with Gasteiger partial charge in [0.25, 0.3) is 0 Å². The van der Waals surface area contributed by atoms with Crippen LogP contribution in [0.25, 0.3) is 0 Å². The molecule has 0 aliphatic heterocycles. The van der Waals surface area contributed by atoms with Crippen LogP contribution in [-0.4, -0.2) is 10.2 Å². The first-order valence-corrected chi connectivity index (χ1v) is 4.50. The van der Waals surface area contributed by atoms with Crippen molar-refractivity contribution in [3.8, 4) is 11.5 Å². The molecule has 72 valence electrons. The summed E-state index contributed by atoms with van der Waals surface area (Å²) in [7, 11) is 0. The van der Waals surface area contributed by atoms with Crippen LogP contribution in [0.15, 0.2) is 18.2 Å². The number of hydrogen-bond donors (Lipinski definition) is 2. The molecular formula is C11H16O2. The molecule has 0 fully saturated rings. The number of phenolic OH excluding ortho intramolecular Hbond substituents is 2. The standard InChI is InChI=1S/C11H16O2/c1-4-11(2,3)10-8(12)6-5-7-9(10)13/h5-7,12-13H,4H2,1-3H3. The second kappa shape index (κ2) is 3.29. The molecule has 1 aromatic rings. The van der Waals surface area contributed by atoms with Gasteiger partial charge >= 0.3 is 0 Å². The fourth-order valence-corrected chi connectivity index (χ4v) is 1.40. The summed E-state index contributed by atoms with van der Waals surface area (Å²) in [5.41, 5.74) is 0.451. The first-order chi connectivity index (χ1) is 5.99. The molecule has 0 heterocycles. The highest BCUT2D eigenvalue weighted by atomic mass is 16.3. The van der Waals surface area contributed by atoms with Crippen molar-refractivity contribution in [1.82, 2.24) is 0 Å². The van der Waals surface area contributed by atoms with E-state index in [1.807, 2.05) is 20.8 Å². The first kappa shape index (κ1) is 9.90. The Kier molecular flexibility index (Phi) is 2.50. The smallest absolute Gasteiger partial charge is 0.123 e. The number of phenols is 2. The summed E-state index contributed by atoms with van der Waals surface area (Å²) in [6, 6.07) is 4.85. The van der Waals surface area contributed by atoms with Crippen molar-refractivity contribution in [1.29, 1.82) is 0 Å². The third-order valence-electron chi connectivity index (χ3n) is 2.58. The van der Waals surface area contributed by atoms with Crippen molar-refractivity contribution >= 4 is 0 Å². The van der Waals surface area contributed by atoms with Crippen molar-refractivity contribution in [3.63, 3.8) is 0 Å². The molecule has 0 radical (unpaired) electrons. The van der Waals surface area contributed by atoms with Crippen molar-refractivity contribution in [2.24, 2.45) is 0 Å². The largest absolute Gasteiger partial charge is 0.508 e. The number of hydrogen-bond acceptors (Lipinski definition) is 2. The third kappa shape index (κ3) is 1.77. The minimum absolute atomic E-state index is 0.173. The van der Waals surface area contributed by atoms with Gasteiger partial charge in [-0.15, -0.1) is 0 Å². The Balaban J connectivity index is 3.28. The number of aromatic hydroxyl groups is 2. The van der Waals surface area contributed by atoms with E-state index < -0.39 is 0 Å². The van der Waals surface area contributed by atoms with Crippen molar-refractivity contribution in [3.05, 3.63) is 23.8 Å². The van der Waals surface area contributed by atoms with Gasteiger partial charge in [0, 0.05) is 5.56 Å². The van der Waals surface area contributed by atoms with Crippen LogP contribution in [0.4, 0.5) is 0 Å². The summed E-state index contributed by atoms with van der Waals surface area (Å²) in [6.45, 7) is 6.04. The lowest BCUT2D eigenvalue weighted by molar-refractivity contribution is 0.394. The fraction of sp³-hybridized carbons (Fsp3) is 0.455. The van der Waals surface area contributed by atoms with Gasteiger partial charge in [0.15, 0.2) is 0 Å². The van der Waals surface area contributed by atoms with Gasteiger partial charge in [-0.3, -0.25) is 0 Å². The molecule has 0 atom stereocenters. The SMILES string of the molecule is CCC(C)(C)c1c(O)cccc1O. The second-order valence-electron chi connectivity index (χ2n) is 3.91. The quantitative estimate of drug-likeness (QED) is 0.734. The zero-order valence-corrected chi connectivity index (χ0v) is 8.33. The predicted molar refractivity (Wildman–Crippen MR) is 53.1 cm³/mol. The number of rotatable bonds is 2. The first-order valence-electron chi connectivity index (χ1n) is 4.50. The van der Waals surface area contributed by atoms with Crippen LogP contribution >= 0.6 is 0 Å². The minimum atomic E-state index is -0.185. The Morgan fingerprint density at radius 1 is 1.15 bits per heavy atom. The zero-order chi connectivity index (χ0) is 10.1. The average molecular weight is 180 g/mol. The van der Waals surface area contributed by atoms with E-state index in [2.05, 4.69) is 0 Å². The van der Waals surface area contributed by atoms with Crippen LogP contribution < -0.4 is 0 Å². The number of benzene rings is 1. The van der Waals surface area contributed by atoms with E-state index in [4.69, 9.17) is 0 Å². The highest BCUT2D eigenvalue weighted by Gasteiger charge is 2.24. The molecule has 0 aliphatic carbocycles. The van der Waals surface area contributed by atoms with Gasteiger partial charge in [0.2, 0.25) is 0 Å². The molecule has 2 N–H and O–H groups in total. The van der Waals surface area contributed by atoms with Crippen molar-refractivity contribution < 1.29 is 10.2 Å². The Hall–Kier alpha value is -1.18. The highest BCUT2D eigenvalue weighted by Crippen LogP contribution is 2.39. The maximum absolute atomic E-state index is 9.60. The lowest BCUT2D eigenvalue weighted by atomic mass is 9.81. The van der Waals surface area contributed by atoms with E-state index in [1.54, 1.807) is 18.2 Å². The van der Waals surface area contributed by atoms with Gasteiger partial charge in [0.05, 0.1) is 0 Å². The van der Waals surface area contributed by atoms with Gasteiger partial charge in [-0.25, -0.2) is 0 Å². The fourth-order valence-electron chi connectivity index (χ4n) is 1.40. The van der Waals surface area contributed by atoms with Crippen molar-refractivity contribution in [2.45, 2.75) is 32.6 Å². The maximum Gasteiger partial charge on any atom is 0.123 e. The molecule has 0 saturated heterocycles. The Bertz CT molecular complexity index is 283. The second-order valence-corrected chi connectivity index (χ2v) is 3.91. The van der Waals surface area contributed by atoms with Gasteiger partial charge < -0.3 is 10.2 Å². The molecule has 0 aromatic heterocycles. The Labute approximate surface area is 78.8 Å². The topological polar surface area (TPSA) is 40.5 Å². The van der Waals surface area contributed by atoms with Crippen LogP contribution in [0.5, 0.6) is 11.5 Å². The van der Waals surface area contributed by atoms with Gasteiger partial charge in [0.1, 0.15) is 11.5 Å². The van der Waals surface area contributed by atoms with E-state index >= 15 is 0 Å². The van der Waals surface area contributed by atoms with Gasteiger partial charge in [-0.2, -0.15) is 0 Å². The van der Waals surface area contributed by atoms with E-state index in [0.717, 1.165) is 6.42 Å². The maximum atomic E-state index is 9.60. The molecular weight excluding hydrogens is 164 g/mol. The van der Waals surface area contributed by atoms with Crippen LogP contribution in [0, 0.1) is 0 Å². The van der Waals surface area contributed by atoms with Crippen LogP contribution in [0.1, 0.15) is 32.8 Å².